The van der Waals surface area contributed by atoms with Crippen LogP contribution in [0.1, 0.15) is 30.9 Å². The van der Waals surface area contributed by atoms with E-state index in [4.69, 9.17) is 15.2 Å². The van der Waals surface area contributed by atoms with Gasteiger partial charge in [-0.2, -0.15) is 0 Å². The van der Waals surface area contributed by atoms with Crippen LogP contribution in [0.2, 0.25) is 0 Å². The van der Waals surface area contributed by atoms with E-state index < -0.39 is 0 Å². The third-order valence-electron chi connectivity index (χ3n) is 3.65. The molecular formula is C19H25NO2. The molecule has 0 aliphatic rings. The van der Waals surface area contributed by atoms with Gasteiger partial charge in [-0.25, -0.2) is 0 Å². The Morgan fingerprint density at radius 3 is 2.32 bits per heavy atom. The number of rotatable bonds is 8. The molecule has 2 rings (SSSR count). The van der Waals surface area contributed by atoms with Gasteiger partial charge in [0.05, 0.1) is 13.2 Å². The SMILES string of the molecule is CCOc1ccc(C(CN)Cc2ccccc2)c(OCC)c1. The van der Waals surface area contributed by atoms with Gasteiger partial charge in [0.2, 0.25) is 0 Å². The maximum Gasteiger partial charge on any atom is 0.126 e. The van der Waals surface area contributed by atoms with E-state index >= 15 is 0 Å². The molecule has 0 saturated heterocycles. The van der Waals surface area contributed by atoms with Crippen molar-refractivity contribution in [3.8, 4) is 11.5 Å². The Balaban J connectivity index is 2.26. The summed E-state index contributed by atoms with van der Waals surface area (Å²) in [5.41, 5.74) is 8.46. The van der Waals surface area contributed by atoms with Crippen LogP contribution in [0.15, 0.2) is 48.5 Å². The maximum atomic E-state index is 6.03. The lowest BCUT2D eigenvalue weighted by Crippen LogP contribution is -2.16. The van der Waals surface area contributed by atoms with E-state index in [1.165, 1.54) is 5.56 Å². The predicted octanol–water partition coefficient (Wildman–Crippen LogP) is 3.77. The van der Waals surface area contributed by atoms with Crippen LogP contribution in [0.5, 0.6) is 11.5 Å². The van der Waals surface area contributed by atoms with Crippen LogP contribution in [0.3, 0.4) is 0 Å². The highest BCUT2D eigenvalue weighted by Crippen LogP contribution is 2.32. The third-order valence-corrected chi connectivity index (χ3v) is 3.65. The second-order valence-electron chi connectivity index (χ2n) is 5.19. The van der Waals surface area contributed by atoms with Crippen molar-refractivity contribution in [2.24, 2.45) is 5.73 Å². The molecule has 118 valence electrons. The molecule has 0 fully saturated rings. The molecule has 0 amide bonds. The fourth-order valence-corrected chi connectivity index (χ4v) is 2.61. The Hall–Kier alpha value is -2.00. The normalized spacial score (nSPS) is 12.0. The largest absolute Gasteiger partial charge is 0.494 e. The molecule has 0 spiro atoms. The molecule has 2 aromatic rings. The van der Waals surface area contributed by atoms with Gasteiger partial charge in [-0.05, 0) is 44.0 Å². The summed E-state index contributed by atoms with van der Waals surface area (Å²) in [6.07, 6.45) is 0.908. The van der Waals surface area contributed by atoms with E-state index in [2.05, 4.69) is 30.3 Å². The Bertz CT molecular complexity index is 569. The Morgan fingerprint density at radius 2 is 1.68 bits per heavy atom. The van der Waals surface area contributed by atoms with Crippen LogP contribution in [-0.4, -0.2) is 19.8 Å². The van der Waals surface area contributed by atoms with Crippen molar-refractivity contribution < 1.29 is 9.47 Å². The number of nitrogens with two attached hydrogens (primary N) is 1. The minimum Gasteiger partial charge on any atom is -0.494 e. The average molecular weight is 299 g/mol. The Labute approximate surface area is 133 Å². The van der Waals surface area contributed by atoms with Crippen molar-refractivity contribution in [3.05, 3.63) is 59.7 Å². The van der Waals surface area contributed by atoms with Crippen molar-refractivity contribution in [1.29, 1.82) is 0 Å². The molecule has 1 atom stereocenters. The van der Waals surface area contributed by atoms with Crippen LogP contribution >= 0.6 is 0 Å². The molecule has 0 heterocycles. The molecule has 0 aliphatic carbocycles. The summed E-state index contributed by atoms with van der Waals surface area (Å²) < 4.78 is 11.4. The zero-order valence-corrected chi connectivity index (χ0v) is 13.4. The highest BCUT2D eigenvalue weighted by Gasteiger charge is 2.16. The van der Waals surface area contributed by atoms with E-state index in [-0.39, 0.29) is 5.92 Å². The lowest BCUT2D eigenvalue weighted by atomic mass is 9.91. The molecule has 0 saturated carbocycles. The summed E-state index contributed by atoms with van der Waals surface area (Å²) in [6.45, 7) is 5.83. The lowest BCUT2D eigenvalue weighted by Gasteiger charge is -2.20. The molecular weight excluding hydrogens is 274 g/mol. The molecule has 0 aliphatic heterocycles. The second-order valence-corrected chi connectivity index (χ2v) is 5.19. The standard InChI is InChI=1S/C19H25NO2/c1-3-21-17-10-11-18(19(13-17)22-4-2)16(14-20)12-15-8-6-5-7-9-15/h5-11,13,16H,3-4,12,14,20H2,1-2H3. The van der Waals surface area contributed by atoms with Crippen molar-refractivity contribution in [2.45, 2.75) is 26.2 Å². The molecule has 3 heteroatoms. The van der Waals surface area contributed by atoms with Crippen molar-refractivity contribution in [1.82, 2.24) is 0 Å². The summed E-state index contributed by atoms with van der Waals surface area (Å²) in [5.74, 6) is 1.95. The minimum atomic E-state index is 0.236. The summed E-state index contributed by atoms with van der Waals surface area (Å²) in [4.78, 5) is 0. The van der Waals surface area contributed by atoms with Gasteiger partial charge in [0.15, 0.2) is 0 Å². The second kappa shape index (κ2) is 8.44. The number of ether oxygens (including phenoxy) is 2. The Morgan fingerprint density at radius 1 is 0.955 bits per heavy atom. The van der Waals surface area contributed by atoms with Crippen molar-refractivity contribution in [2.75, 3.05) is 19.8 Å². The fourth-order valence-electron chi connectivity index (χ4n) is 2.61. The first-order valence-corrected chi connectivity index (χ1v) is 7.92. The van der Waals surface area contributed by atoms with Crippen molar-refractivity contribution in [3.63, 3.8) is 0 Å². The van der Waals surface area contributed by atoms with Crippen LogP contribution in [0, 0.1) is 0 Å². The van der Waals surface area contributed by atoms with Crippen LogP contribution in [0.25, 0.3) is 0 Å². The smallest absolute Gasteiger partial charge is 0.126 e. The molecule has 2 N–H and O–H groups in total. The highest BCUT2D eigenvalue weighted by molar-refractivity contribution is 5.43. The summed E-state index contributed by atoms with van der Waals surface area (Å²) in [7, 11) is 0. The zero-order chi connectivity index (χ0) is 15.8. The van der Waals surface area contributed by atoms with Gasteiger partial charge in [0, 0.05) is 12.0 Å². The fraction of sp³-hybridized carbons (Fsp3) is 0.368. The van der Waals surface area contributed by atoms with Gasteiger partial charge in [0.1, 0.15) is 11.5 Å². The quantitative estimate of drug-likeness (QED) is 0.807. The van der Waals surface area contributed by atoms with Gasteiger partial charge >= 0.3 is 0 Å². The molecule has 2 aromatic carbocycles. The first-order chi connectivity index (χ1) is 10.8. The molecule has 0 radical (unpaired) electrons. The number of hydrogen-bond acceptors (Lipinski definition) is 3. The number of hydrogen-bond donors (Lipinski definition) is 1. The van der Waals surface area contributed by atoms with E-state index in [0.717, 1.165) is 23.5 Å². The van der Waals surface area contributed by atoms with Crippen molar-refractivity contribution >= 4 is 0 Å². The van der Waals surface area contributed by atoms with Crippen LogP contribution < -0.4 is 15.2 Å². The monoisotopic (exact) mass is 299 g/mol. The summed E-state index contributed by atoms with van der Waals surface area (Å²) >= 11 is 0. The molecule has 0 bridgehead atoms. The molecule has 3 nitrogen and oxygen atoms in total. The van der Waals surface area contributed by atoms with E-state index in [0.29, 0.717) is 19.8 Å². The Kier molecular flexibility index (Phi) is 6.28. The molecule has 22 heavy (non-hydrogen) atoms. The van der Waals surface area contributed by atoms with Gasteiger partial charge in [-0.1, -0.05) is 36.4 Å². The van der Waals surface area contributed by atoms with E-state index in [1.807, 2.05) is 32.0 Å². The first-order valence-electron chi connectivity index (χ1n) is 7.92. The topological polar surface area (TPSA) is 44.5 Å². The zero-order valence-electron chi connectivity index (χ0n) is 13.4. The van der Waals surface area contributed by atoms with Crippen LogP contribution in [0.4, 0.5) is 0 Å². The first kappa shape index (κ1) is 16.4. The summed E-state index contributed by atoms with van der Waals surface area (Å²) in [6, 6.07) is 16.5. The van der Waals surface area contributed by atoms with Gasteiger partial charge in [0.25, 0.3) is 0 Å². The third kappa shape index (κ3) is 4.25. The number of benzene rings is 2. The highest BCUT2D eigenvalue weighted by atomic mass is 16.5. The van der Waals surface area contributed by atoms with Gasteiger partial charge in [-0.3, -0.25) is 0 Å². The molecule has 0 aromatic heterocycles. The van der Waals surface area contributed by atoms with Gasteiger partial charge in [-0.15, -0.1) is 0 Å². The van der Waals surface area contributed by atoms with Crippen LogP contribution in [-0.2, 0) is 6.42 Å². The minimum absolute atomic E-state index is 0.236. The molecule has 1 unspecified atom stereocenters. The maximum absolute atomic E-state index is 6.03. The summed E-state index contributed by atoms with van der Waals surface area (Å²) in [5, 5.41) is 0. The lowest BCUT2D eigenvalue weighted by molar-refractivity contribution is 0.319. The average Bonchev–Trinajstić information content (AvgIpc) is 2.55. The van der Waals surface area contributed by atoms with E-state index in [9.17, 15) is 0 Å². The van der Waals surface area contributed by atoms with E-state index in [1.54, 1.807) is 0 Å². The predicted molar refractivity (Wildman–Crippen MR) is 90.7 cm³/mol. The van der Waals surface area contributed by atoms with Gasteiger partial charge < -0.3 is 15.2 Å².